The Labute approximate surface area is 182 Å². The lowest BCUT2D eigenvalue weighted by atomic mass is 10.1. The fourth-order valence-electron chi connectivity index (χ4n) is 3.01. The number of carbonyl (C=O) groups is 3. The van der Waals surface area contributed by atoms with E-state index in [1.807, 2.05) is 19.9 Å². The Balaban J connectivity index is 1.75. The average molecular weight is 447 g/mol. The number of hydrogen-bond acceptors (Lipinski definition) is 6. The number of benzene rings is 2. The number of methoxy groups -OCH3 is 1. The molecule has 0 saturated carbocycles. The van der Waals surface area contributed by atoms with Crippen LogP contribution in [0.4, 0.5) is 10.5 Å². The number of aromatic hydroxyl groups is 1. The Hall–Kier alpha value is -2.97. The van der Waals surface area contributed by atoms with Gasteiger partial charge in [-0.3, -0.25) is 19.3 Å². The molecule has 9 heteroatoms. The van der Waals surface area contributed by atoms with Crippen molar-refractivity contribution in [3.8, 4) is 11.5 Å². The van der Waals surface area contributed by atoms with Crippen LogP contribution in [0.5, 0.6) is 11.5 Å². The molecule has 2 N–H and O–H groups in total. The van der Waals surface area contributed by atoms with Gasteiger partial charge in [-0.2, -0.15) is 0 Å². The number of nitrogens with zero attached hydrogens (tertiary/aromatic N) is 1. The Kier molecular flexibility index (Phi) is 6.38. The number of carbonyl (C=O) groups excluding carboxylic acids is 3. The van der Waals surface area contributed by atoms with E-state index >= 15 is 0 Å². The Morgan fingerprint density at radius 3 is 2.50 bits per heavy atom. The minimum absolute atomic E-state index is 0.0488. The van der Waals surface area contributed by atoms with Gasteiger partial charge in [0.15, 0.2) is 11.5 Å². The third-order valence-corrected chi connectivity index (χ3v) is 5.44. The Morgan fingerprint density at radius 2 is 1.87 bits per heavy atom. The highest BCUT2D eigenvalue weighted by Crippen LogP contribution is 2.37. The van der Waals surface area contributed by atoms with Gasteiger partial charge in [-0.1, -0.05) is 17.7 Å². The molecule has 0 spiro atoms. The van der Waals surface area contributed by atoms with E-state index in [0.717, 1.165) is 27.8 Å². The summed E-state index contributed by atoms with van der Waals surface area (Å²) < 4.78 is 5.04. The van der Waals surface area contributed by atoms with Gasteiger partial charge >= 0.3 is 0 Å². The van der Waals surface area contributed by atoms with Crippen LogP contribution in [0.3, 0.4) is 0 Å². The van der Waals surface area contributed by atoms with Gasteiger partial charge in [0.25, 0.3) is 11.1 Å². The van der Waals surface area contributed by atoms with Crippen molar-refractivity contribution in [1.82, 2.24) is 4.90 Å². The Morgan fingerprint density at radius 1 is 1.20 bits per heavy atom. The zero-order valence-electron chi connectivity index (χ0n) is 16.5. The number of amides is 3. The summed E-state index contributed by atoms with van der Waals surface area (Å²) in [4.78, 5) is 38.3. The number of imide groups is 1. The van der Waals surface area contributed by atoms with Crippen molar-refractivity contribution in [3.63, 3.8) is 0 Å². The van der Waals surface area contributed by atoms with E-state index in [1.54, 1.807) is 12.1 Å². The van der Waals surface area contributed by atoms with Crippen LogP contribution in [0, 0.1) is 13.8 Å². The van der Waals surface area contributed by atoms with E-state index < -0.39 is 23.6 Å². The monoisotopic (exact) mass is 446 g/mol. The number of anilines is 1. The summed E-state index contributed by atoms with van der Waals surface area (Å²) in [5.41, 5.74) is 3.05. The van der Waals surface area contributed by atoms with Crippen LogP contribution in [-0.2, 0) is 9.59 Å². The van der Waals surface area contributed by atoms with E-state index in [-0.39, 0.29) is 21.4 Å². The van der Waals surface area contributed by atoms with Crippen LogP contribution in [0.2, 0.25) is 5.02 Å². The van der Waals surface area contributed by atoms with Crippen molar-refractivity contribution < 1.29 is 24.2 Å². The zero-order chi connectivity index (χ0) is 22.0. The summed E-state index contributed by atoms with van der Waals surface area (Å²) in [6.45, 7) is 3.43. The predicted molar refractivity (Wildman–Crippen MR) is 117 cm³/mol. The first-order valence-corrected chi connectivity index (χ1v) is 10.1. The molecule has 1 fully saturated rings. The second-order valence-corrected chi connectivity index (χ2v) is 8.15. The first-order chi connectivity index (χ1) is 14.2. The van der Waals surface area contributed by atoms with Gasteiger partial charge < -0.3 is 15.2 Å². The summed E-state index contributed by atoms with van der Waals surface area (Å²) in [6, 6.07) is 8.52. The maximum Gasteiger partial charge on any atom is 0.294 e. The van der Waals surface area contributed by atoms with Crippen LogP contribution in [0.1, 0.15) is 16.7 Å². The van der Waals surface area contributed by atoms with Crippen molar-refractivity contribution in [1.29, 1.82) is 0 Å². The minimum atomic E-state index is -0.580. The molecule has 1 heterocycles. The molecule has 0 aromatic heterocycles. The lowest BCUT2D eigenvalue weighted by molar-refractivity contribution is -0.127. The summed E-state index contributed by atoms with van der Waals surface area (Å²) in [6.07, 6.45) is 1.46. The van der Waals surface area contributed by atoms with Gasteiger partial charge in [-0.05, 0) is 72.6 Å². The largest absolute Gasteiger partial charge is 0.503 e. The molecular weight excluding hydrogens is 428 g/mol. The normalized spacial score (nSPS) is 15.1. The minimum Gasteiger partial charge on any atom is -0.503 e. The molecule has 0 bridgehead atoms. The lowest BCUT2D eigenvalue weighted by Crippen LogP contribution is -2.36. The molecule has 0 aliphatic carbocycles. The molecule has 1 aliphatic heterocycles. The standard InChI is InChI=1S/C21H19ClN2O5S/c1-11-4-12(2)6-14(5-11)23-18(25)10-24-20(27)17(30-21(24)28)9-13-7-15(22)19(26)16(8-13)29-3/h4-9,26H,10H2,1-3H3,(H,23,25)/b17-9-. The number of ether oxygens (including phenoxy) is 1. The quantitative estimate of drug-likeness (QED) is 0.663. The van der Waals surface area contributed by atoms with E-state index in [0.29, 0.717) is 11.3 Å². The SMILES string of the molecule is COc1cc(/C=C2\SC(=O)N(CC(=O)Nc3cc(C)cc(C)c3)C2=O)cc(Cl)c1O. The summed E-state index contributed by atoms with van der Waals surface area (Å²) >= 11 is 6.69. The van der Waals surface area contributed by atoms with E-state index in [4.69, 9.17) is 16.3 Å². The number of aryl methyl sites for hydroxylation is 2. The van der Waals surface area contributed by atoms with Gasteiger partial charge in [-0.25, -0.2) is 0 Å². The number of phenolic OH excluding ortho intramolecular Hbond substituents is 1. The van der Waals surface area contributed by atoms with E-state index in [2.05, 4.69) is 5.32 Å². The number of halogens is 1. The molecule has 2 aromatic rings. The second-order valence-electron chi connectivity index (χ2n) is 6.75. The maximum atomic E-state index is 12.6. The molecule has 3 rings (SSSR count). The molecular formula is C21H19ClN2O5S. The van der Waals surface area contributed by atoms with Crippen molar-refractivity contribution in [2.45, 2.75) is 13.8 Å². The highest BCUT2D eigenvalue weighted by Gasteiger charge is 2.36. The second kappa shape index (κ2) is 8.81. The molecule has 1 saturated heterocycles. The Bertz CT molecular complexity index is 1060. The fraction of sp³-hybridized carbons (Fsp3) is 0.190. The summed E-state index contributed by atoms with van der Waals surface area (Å²) in [5, 5.41) is 12.0. The summed E-state index contributed by atoms with van der Waals surface area (Å²) in [7, 11) is 1.37. The van der Waals surface area contributed by atoms with Crippen molar-refractivity contribution in [2.75, 3.05) is 19.0 Å². The van der Waals surface area contributed by atoms with Gasteiger partial charge in [0, 0.05) is 5.69 Å². The number of nitrogens with one attached hydrogen (secondary N) is 1. The molecule has 156 valence electrons. The van der Waals surface area contributed by atoms with Gasteiger partial charge in [-0.15, -0.1) is 0 Å². The smallest absolute Gasteiger partial charge is 0.294 e. The van der Waals surface area contributed by atoms with Crippen LogP contribution in [0.15, 0.2) is 35.2 Å². The van der Waals surface area contributed by atoms with Crippen LogP contribution in [-0.4, -0.2) is 40.7 Å². The fourth-order valence-corrected chi connectivity index (χ4v) is 4.07. The third-order valence-electron chi connectivity index (χ3n) is 4.25. The molecule has 2 aromatic carbocycles. The topological polar surface area (TPSA) is 95.9 Å². The van der Waals surface area contributed by atoms with Crippen LogP contribution < -0.4 is 10.1 Å². The number of phenols is 1. The first-order valence-electron chi connectivity index (χ1n) is 8.88. The molecule has 3 amide bonds. The molecule has 0 unspecified atom stereocenters. The maximum absolute atomic E-state index is 12.6. The predicted octanol–water partition coefficient (Wildman–Crippen LogP) is 4.35. The third kappa shape index (κ3) is 4.77. The van der Waals surface area contributed by atoms with Crippen molar-refractivity contribution in [3.05, 3.63) is 56.9 Å². The molecule has 1 aliphatic rings. The van der Waals surface area contributed by atoms with Gasteiger partial charge in [0.1, 0.15) is 6.54 Å². The molecule has 7 nitrogen and oxygen atoms in total. The first kappa shape index (κ1) is 21.7. The van der Waals surface area contributed by atoms with Gasteiger partial charge in [0.05, 0.1) is 17.0 Å². The highest BCUT2D eigenvalue weighted by molar-refractivity contribution is 8.18. The molecule has 30 heavy (non-hydrogen) atoms. The molecule has 0 radical (unpaired) electrons. The van der Waals surface area contributed by atoms with Crippen molar-refractivity contribution in [2.24, 2.45) is 0 Å². The number of rotatable bonds is 5. The molecule has 0 atom stereocenters. The summed E-state index contributed by atoms with van der Waals surface area (Å²) in [5.74, 6) is -1.13. The van der Waals surface area contributed by atoms with Crippen molar-refractivity contribution >= 4 is 52.2 Å². The van der Waals surface area contributed by atoms with Gasteiger partial charge in [0.2, 0.25) is 5.91 Å². The average Bonchev–Trinajstić information content (AvgIpc) is 2.91. The van der Waals surface area contributed by atoms with E-state index in [1.165, 1.54) is 25.3 Å². The number of hydrogen-bond donors (Lipinski definition) is 2. The van der Waals surface area contributed by atoms with Crippen LogP contribution >= 0.6 is 23.4 Å². The lowest BCUT2D eigenvalue weighted by Gasteiger charge is -2.13. The van der Waals surface area contributed by atoms with E-state index in [9.17, 15) is 19.5 Å². The zero-order valence-corrected chi connectivity index (χ0v) is 18.1. The van der Waals surface area contributed by atoms with Crippen LogP contribution in [0.25, 0.3) is 6.08 Å². The number of thioether (sulfide) groups is 1. The highest BCUT2D eigenvalue weighted by atomic mass is 35.5.